The van der Waals surface area contributed by atoms with Gasteiger partial charge in [0.1, 0.15) is 0 Å². The van der Waals surface area contributed by atoms with Gasteiger partial charge in [-0.15, -0.1) is 24.8 Å². The lowest BCUT2D eigenvalue weighted by Gasteiger charge is -2.23. The number of ether oxygens (including phenoxy) is 1. The molecule has 2 heterocycles. The van der Waals surface area contributed by atoms with Crippen LogP contribution in [0, 0.1) is 5.92 Å². The fourth-order valence-corrected chi connectivity index (χ4v) is 1.98. The van der Waals surface area contributed by atoms with Crippen molar-refractivity contribution in [2.75, 3.05) is 32.1 Å². The van der Waals surface area contributed by atoms with Crippen molar-refractivity contribution in [2.24, 2.45) is 5.92 Å². The van der Waals surface area contributed by atoms with E-state index >= 15 is 0 Å². The van der Waals surface area contributed by atoms with Crippen molar-refractivity contribution in [1.82, 2.24) is 10.3 Å². The van der Waals surface area contributed by atoms with Gasteiger partial charge in [-0.1, -0.05) is 0 Å². The van der Waals surface area contributed by atoms with Gasteiger partial charge in [0.15, 0.2) is 0 Å². The summed E-state index contributed by atoms with van der Waals surface area (Å²) < 4.78 is 5.09. The number of anilines is 1. The molecule has 0 unspecified atom stereocenters. The minimum Gasteiger partial charge on any atom is -0.481 e. The standard InChI is InChI=1S/C12H19N3O.2ClH/c1-16-12-8-11(4-7-14-12)15-9-10-2-5-13-6-3-10;;/h4,7-8,10,13H,2-3,5-6,9H2,1H3,(H,14,15);2*1H. The third-order valence-corrected chi connectivity index (χ3v) is 3.00. The van der Waals surface area contributed by atoms with E-state index < -0.39 is 0 Å². The number of methoxy groups -OCH3 is 1. The molecule has 0 saturated carbocycles. The first-order chi connectivity index (χ1) is 7.88. The fraction of sp³-hybridized carbons (Fsp3) is 0.583. The maximum absolute atomic E-state index is 5.09. The normalized spacial score (nSPS) is 15.2. The summed E-state index contributed by atoms with van der Waals surface area (Å²) in [6.07, 6.45) is 4.29. The summed E-state index contributed by atoms with van der Waals surface area (Å²) in [5, 5.41) is 6.81. The molecule has 1 saturated heterocycles. The molecule has 0 spiro atoms. The molecule has 1 aliphatic heterocycles. The molecule has 0 aliphatic carbocycles. The quantitative estimate of drug-likeness (QED) is 0.895. The van der Waals surface area contributed by atoms with E-state index in [9.17, 15) is 0 Å². The predicted octanol–water partition coefficient (Wildman–Crippen LogP) is 2.35. The van der Waals surface area contributed by atoms with Crippen molar-refractivity contribution >= 4 is 30.5 Å². The second kappa shape index (κ2) is 9.25. The Bertz CT molecular complexity index is 333. The van der Waals surface area contributed by atoms with Crippen LogP contribution in [0.2, 0.25) is 0 Å². The Morgan fingerprint density at radius 3 is 2.78 bits per heavy atom. The Balaban J connectivity index is 0.00000144. The van der Waals surface area contributed by atoms with E-state index in [4.69, 9.17) is 4.74 Å². The molecular formula is C12H21Cl2N3O. The van der Waals surface area contributed by atoms with E-state index in [-0.39, 0.29) is 24.8 Å². The summed E-state index contributed by atoms with van der Waals surface area (Å²) in [5.41, 5.74) is 1.09. The first kappa shape index (κ1) is 17.3. The van der Waals surface area contributed by atoms with Crippen LogP contribution < -0.4 is 15.4 Å². The van der Waals surface area contributed by atoms with Crippen molar-refractivity contribution < 1.29 is 4.74 Å². The van der Waals surface area contributed by atoms with Crippen LogP contribution in [0.15, 0.2) is 18.3 Å². The van der Waals surface area contributed by atoms with Crippen molar-refractivity contribution in [3.05, 3.63) is 18.3 Å². The van der Waals surface area contributed by atoms with Crippen molar-refractivity contribution in [1.29, 1.82) is 0 Å². The third kappa shape index (κ3) is 5.29. The molecule has 18 heavy (non-hydrogen) atoms. The molecule has 0 aromatic carbocycles. The molecule has 1 fully saturated rings. The summed E-state index contributed by atoms with van der Waals surface area (Å²) in [6.45, 7) is 3.33. The lowest BCUT2D eigenvalue weighted by Crippen LogP contribution is -2.31. The van der Waals surface area contributed by atoms with Gasteiger partial charge in [-0.3, -0.25) is 0 Å². The summed E-state index contributed by atoms with van der Waals surface area (Å²) >= 11 is 0. The van der Waals surface area contributed by atoms with Crippen LogP contribution in [0.3, 0.4) is 0 Å². The predicted molar refractivity (Wildman–Crippen MR) is 79.4 cm³/mol. The first-order valence-corrected chi connectivity index (χ1v) is 5.83. The largest absolute Gasteiger partial charge is 0.481 e. The molecular weight excluding hydrogens is 273 g/mol. The monoisotopic (exact) mass is 293 g/mol. The molecule has 2 N–H and O–H groups in total. The Morgan fingerprint density at radius 1 is 1.39 bits per heavy atom. The zero-order valence-corrected chi connectivity index (χ0v) is 12.1. The Hall–Kier alpha value is -0.710. The lowest BCUT2D eigenvalue weighted by molar-refractivity contribution is 0.389. The number of hydrogen-bond donors (Lipinski definition) is 2. The summed E-state index contributed by atoms with van der Waals surface area (Å²) in [5.74, 6) is 1.44. The minimum absolute atomic E-state index is 0. The van der Waals surface area contributed by atoms with Gasteiger partial charge in [0.25, 0.3) is 0 Å². The van der Waals surface area contributed by atoms with Gasteiger partial charge in [-0.2, -0.15) is 0 Å². The third-order valence-electron chi connectivity index (χ3n) is 3.00. The number of nitrogens with zero attached hydrogens (tertiary/aromatic N) is 1. The van der Waals surface area contributed by atoms with Gasteiger partial charge >= 0.3 is 0 Å². The average Bonchev–Trinajstić information content (AvgIpc) is 2.38. The van der Waals surface area contributed by atoms with E-state index in [1.54, 1.807) is 13.3 Å². The van der Waals surface area contributed by atoms with Crippen molar-refractivity contribution in [2.45, 2.75) is 12.8 Å². The van der Waals surface area contributed by atoms with Crippen LogP contribution in [-0.4, -0.2) is 31.7 Å². The molecule has 0 radical (unpaired) electrons. The van der Waals surface area contributed by atoms with Crippen LogP contribution in [0.25, 0.3) is 0 Å². The molecule has 1 aliphatic rings. The molecule has 4 nitrogen and oxygen atoms in total. The van der Waals surface area contributed by atoms with E-state index in [2.05, 4.69) is 15.6 Å². The second-order valence-electron chi connectivity index (χ2n) is 4.16. The summed E-state index contributed by atoms with van der Waals surface area (Å²) in [4.78, 5) is 4.08. The number of piperidine rings is 1. The molecule has 0 amide bonds. The Labute approximate surface area is 121 Å². The second-order valence-corrected chi connectivity index (χ2v) is 4.16. The highest BCUT2D eigenvalue weighted by Gasteiger charge is 2.12. The number of halogens is 2. The molecule has 104 valence electrons. The van der Waals surface area contributed by atoms with E-state index in [1.807, 2.05) is 12.1 Å². The molecule has 6 heteroatoms. The van der Waals surface area contributed by atoms with Crippen LogP contribution in [0.4, 0.5) is 5.69 Å². The molecule has 0 bridgehead atoms. The van der Waals surface area contributed by atoms with E-state index in [1.165, 1.54) is 12.8 Å². The SMILES string of the molecule is COc1cc(NCC2CCNCC2)ccn1.Cl.Cl. The highest BCUT2D eigenvalue weighted by atomic mass is 35.5. The topological polar surface area (TPSA) is 46.2 Å². The molecule has 2 rings (SSSR count). The lowest BCUT2D eigenvalue weighted by atomic mass is 9.98. The van der Waals surface area contributed by atoms with Gasteiger partial charge in [-0.25, -0.2) is 4.98 Å². The van der Waals surface area contributed by atoms with Crippen LogP contribution in [0.1, 0.15) is 12.8 Å². The van der Waals surface area contributed by atoms with Crippen molar-refractivity contribution in [3.8, 4) is 5.88 Å². The van der Waals surface area contributed by atoms with Crippen LogP contribution in [0.5, 0.6) is 5.88 Å². The smallest absolute Gasteiger partial charge is 0.214 e. The molecule has 1 aromatic rings. The summed E-state index contributed by atoms with van der Waals surface area (Å²) in [7, 11) is 1.64. The van der Waals surface area contributed by atoms with Crippen molar-refractivity contribution in [3.63, 3.8) is 0 Å². The fourth-order valence-electron chi connectivity index (χ4n) is 1.98. The zero-order valence-electron chi connectivity index (χ0n) is 10.5. The van der Waals surface area contributed by atoms with E-state index in [0.29, 0.717) is 5.88 Å². The number of aromatic nitrogens is 1. The van der Waals surface area contributed by atoms with Crippen LogP contribution >= 0.6 is 24.8 Å². The number of hydrogen-bond acceptors (Lipinski definition) is 4. The van der Waals surface area contributed by atoms with Gasteiger partial charge in [0.2, 0.25) is 5.88 Å². The molecule has 1 aromatic heterocycles. The summed E-state index contributed by atoms with van der Waals surface area (Å²) in [6, 6.07) is 3.91. The minimum atomic E-state index is 0. The highest BCUT2D eigenvalue weighted by Crippen LogP contribution is 2.16. The first-order valence-electron chi connectivity index (χ1n) is 5.83. The molecule has 0 atom stereocenters. The number of rotatable bonds is 4. The van der Waals surface area contributed by atoms with Gasteiger partial charge < -0.3 is 15.4 Å². The number of nitrogens with one attached hydrogen (secondary N) is 2. The van der Waals surface area contributed by atoms with E-state index in [0.717, 1.165) is 31.2 Å². The van der Waals surface area contributed by atoms with Gasteiger partial charge in [-0.05, 0) is 37.9 Å². The zero-order chi connectivity index (χ0) is 11.2. The van der Waals surface area contributed by atoms with Gasteiger partial charge in [0, 0.05) is 24.5 Å². The van der Waals surface area contributed by atoms with Gasteiger partial charge in [0.05, 0.1) is 7.11 Å². The van der Waals surface area contributed by atoms with Crippen LogP contribution in [-0.2, 0) is 0 Å². The highest BCUT2D eigenvalue weighted by molar-refractivity contribution is 5.85. The maximum Gasteiger partial charge on any atom is 0.214 e. The Morgan fingerprint density at radius 2 is 2.11 bits per heavy atom. The average molecular weight is 294 g/mol. The maximum atomic E-state index is 5.09. The Kier molecular flexibility index (Phi) is 8.89. The number of pyridine rings is 1.